The Labute approximate surface area is 137 Å². The molecule has 2 fully saturated rings. The van der Waals surface area contributed by atoms with E-state index in [9.17, 15) is 18.0 Å². The van der Waals surface area contributed by atoms with Crippen LogP contribution in [0.25, 0.3) is 0 Å². The minimum atomic E-state index is -3.24. The summed E-state index contributed by atoms with van der Waals surface area (Å²) in [5.74, 6) is -0.215. The number of rotatable bonds is 4. The highest BCUT2D eigenvalue weighted by molar-refractivity contribution is 7.91. The van der Waals surface area contributed by atoms with Crippen LogP contribution in [0.3, 0.4) is 0 Å². The van der Waals surface area contributed by atoms with Crippen LogP contribution < -0.4 is 5.32 Å². The summed E-state index contributed by atoms with van der Waals surface area (Å²) < 4.78 is 24.1. The molecule has 0 spiro atoms. The Hall–Kier alpha value is -1.35. The summed E-state index contributed by atoms with van der Waals surface area (Å²) in [4.78, 5) is 29.6. The molecule has 0 unspecified atom stereocenters. The first-order valence-electron chi connectivity index (χ1n) is 7.94. The first kappa shape index (κ1) is 18.0. The van der Waals surface area contributed by atoms with Crippen molar-refractivity contribution in [2.24, 2.45) is 0 Å². The molecule has 2 rings (SSSR count). The van der Waals surface area contributed by atoms with Gasteiger partial charge < -0.3 is 20.0 Å². The molecular formula is C14H26N4O4S. The summed E-state index contributed by atoms with van der Waals surface area (Å²) in [6, 6.07) is -1.12. The maximum Gasteiger partial charge on any atom is 0.317 e. The van der Waals surface area contributed by atoms with Crippen molar-refractivity contribution in [2.45, 2.75) is 25.4 Å². The highest BCUT2D eigenvalue weighted by Gasteiger charge is 2.49. The molecule has 132 valence electrons. The SMILES string of the molecule is CCCNC(=O)N1CCN(C(=O)CN(C)C)[C@@H]2CS(=O)(=O)C[C@@H]21. The number of carbonyl (C=O) groups is 2. The smallest absolute Gasteiger partial charge is 0.317 e. The number of carbonyl (C=O) groups excluding carboxylic acids is 2. The summed E-state index contributed by atoms with van der Waals surface area (Å²) in [7, 11) is 0.362. The molecule has 0 aromatic rings. The molecule has 0 aromatic carbocycles. The lowest BCUT2D eigenvalue weighted by Gasteiger charge is -2.44. The quantitative estimate of drug-likeness (QED) is 0.704. The summed E-state index contributed by atoms with van der Waals surface area (Å²) in [6.45, 7) is 3.50. The van der Waals surface area contributed by atoms with Crippen molar-refractivity contribution in [3.63, 3.8) is 0 Å². The number of sulfone groups is 1. The van der Waals surface area contributed by atoms with Crippen molar-refractivity contribution in [3.05, 3.63) is 0 Å². The van der Waals surface area contributed by atoms with Gasteiger partial charge in [-0.1, -0.05) is 6.92 Å². The van der Waals surface area contributed by atoms with E-state index in [-0.39, 0.29) is 30.0 Å². The van der Waals surface area contributed by atoms with Crippen LogP contribution in [0.5, 0.6) is 0 Å². The van der Waals surface area contributed by atoms with Gasteiger partial charge >= 0.3 is 6.03 Å². The van der Waals surface area contributed by atoms with Crippen LogP contribution >= 0.6 is 0 Å². The number of piperazine rings is 1. The number of likely N-dealkylation sites (N-methyl/N-ethyl adjacent to an activating group) is 1. The largest absolute Gasteiger partial charge is 0.338 e. The number of urea groups is 1. The average Bonchev–Trinajstić information content (AvgIpc) is 2.77. The van der Waals surface area contributed by atoms with E-state index in [1.54, 1.807) is 28.8 Å². The molecule has 0 bridgehead atoms. The number of amides is 3. The van der Waals surface area contributed by atoms with Gasteiger partial charge in [-0.25, -0.2) is 13.2 Å². The van der Waals surface area contributed by atoms with Gasteiger partial charge in [-0.2, -0.15) is 0 Å². The van der Waals surface area contributed by atoms with E-state index in [2.05, 4.69) is 5.32 Å². The molecule has 2 aliphatic heterocycles. The molecule has 0 saturated carbocycles. The maximum absolute atomic E-state index is 12.4. The number of nitrogens with one attached hydrogen (secondary N) is 1. The Kier molecular flexibility index (Phi) is 5.51. The lowest BCUT2D eigenvalue weighted by atomic mass is 10.0. The highest BCUT2D eigenvalue weighted by Crippen LogP contribution is 2.27. The first-order valence-corrected chi connectivity index (χ1v) is 9.76. The van der Waals surface area contributed by atoms with E-state index in [1.165, 1.54) is 0 Å². The molecule has 0 aliphatic carbocycles. The van der Waals surface area contributed by atoms with Crippen LogP contribution in [0, 0.1) is 0 Å². The van der Waals surface area contributed by atoms with Gasteiger partial charge in [0.1, 0.15) is 0 Å². The zero-order valence-corrected chi connectivity index (χ0v) is 14.8. The van der Waals surface area contributed by atoms with E-state index in [0.29, 0.717) is 19.6 Å². The van der Waals surface area contributed by atoms with Crippen LogP contribution in [-0.2, 0) is 14.6 Å². The topological polar surface area (TPSA) is 90.0 Å². The number of hydrogen-bond acceptors (Lipinski definition) is 5. The molecule has 9 heteroatoms. The Balaban J connectivity index is 2.16. The van der Waals surface area contributed by atoms with Crippen LogP contribution in [0.4, 0.5) is 4.79 Å². The third-order valence-electron chi connectivity index (χ3n) is 4.23. The van der Waals surface area contributed by atoms with Gasteiger partial charge in [0, 0.05) is 19.6 Å². The second kappa shape index (κ2) is 7.04. The molecule has 23 heavy (non-hydrogen) atoms. The van der Waals surface area contributed by atoms with Crippen molar-refractivity contribution in [1.82, 2.24) is 20.0 Å². The van der Waals surface area contributed by atoms with Gasteiger partial charge in [-0.05, 0) is 20.5 Å². The van der Waals surface area contributed by atoms with Crippen molar-refractivity contribution in [3.8, 4) is 0 Å². The first-order chi connectivity index (χ1) is 10.7. The summed E-state index contributed by atoms with van der Waals surface area (Å²) >= 11 is 0. The van der Waals surface area contributed by atoms with Crippen molar-refractivity contribution >= 4 is 21.8 Å². The van der Waals surface area contributed by atoms with Gasteiger partial charge in [-0.3, -0.25) is 4.79 Å². The third kappa shape index (κ3) is 4.14. The van der Waals surface area contributed by atoms with Crippen LogP contribution in [0.1, 0.15) is 13.3 Å². The molecule has 1 N–H and O–H groups in total. The van der Waals surface area contributed by atoms with E-state index in [0.717, 1.165) is 6.42 Å². The molecule has 3 amide bonds. The van der Waals surface area contributed by atoms with Crippen LogP contribution in [0.2, 0.25) is 0 Å². The Morgan fingerprint density at radius 3 is 2.26 bits per heavy atom. The Bertz CT molecular complexity index is 563. The molecule has 2 saturated heterocycles. The molecule has 2 atom stereocenters. The van der Waals surface area contributed by atoms with Crippen molar-refractivity contribution in [2.75, 3.05) is 51.8 Å². The summed E-state index contributed by atoms with van der Waals surface area (Å²) in [5, 5.41) is 2.80. The highest BCUT2D eigenvalue weighted by atomic mass is 32.2. The maximum atomic E-state index is 12.4. The zero-order chi connectivity index (χ0) is 17.2. The van der Waals surface area contributed by atoms with E-state index in [1.807, 2.05) is 6.92 Å². The van der Waals surface area contributed by atoms with Gasteiger partial charge in [-0.15, -0.1) is 0 Å². The van der Waals surface area contributed by atoms with Crippen molar-refractivity contribution < 1.29 is 18.0 Å². The standard InChI is InChI=1S/C14H26N4O4S/c1-4-5-15-14(20)18-7-6-17(13(19)8-16(2)3)11-9-23(21,22)10-12(11)18/h11-12H,4-10H2,1-3H3,(H,15,20)/t11-,12+/m1/s1. The predicted molar refractivity (Wildman–Crippen MR) is 86.9 cm³/mol. The second-order valence-electron chi connectivity index (χ2n) is 6.46. The third-order valence-corrected chi connectivity index (χ3v) is 5.93. The van der Waals surface area contributed by atoms with Gasteiger partial charge in [0.05, 0.1) is 30.1 Å². The van der Waals surface area contributed by atoms with Gasteiger partial charge in [0.25, 0.3) is 0 Å². The lowest BCUT2D eigenvalue weighted by molar-refractivity contribution is -0.136. The lowest BCUT2D eigenvalue weighted by Crippen LogP contribution is -2.64. The molecule has 0 aromatic heterocycles. The van der Waals surface area contributed by atoms with Gasteiger partial charge in [0.15, 0.2) is 9.84 Å². The molecular weight excluding hydrogens is 320 g/mol. The summed E-state index contributed by atoms with van der Waals surface area (Å²) in [5.41, 5.74) is 0. The van der Waals surface area contributed by atoms with E-state index < -0.39 is 21.9 Å². The van der Waals surface area contributed by atoms with Crippen LogP contribution in [0.15, 0.2) is 0 Å². The zero-order valence-electron chi connectivity index (χ0n) is 14.0. The fourth-order valence-electron chi connectivity index (χ4n) is 3.21. The van der Waals surface area contributed by atoms with E-state index in [4.69, 9.17) is 0 Å². The summed E-state index contributed by atoms with van der Waals surface area (Å²) in [6.07, 6.45) is 0.819. The van der Waals surface area contributed by atoms with E-state index >= 15 is 0 Å². The van der Waals surface area contributed by atoms with Crippen LogP contribution in [-0.4, -0.2) is 98.9 Å². The minimum Gasteiger partial charge on any atom is -0.338 e. The molecule has 0 radical (unpaired) electrons. The fraction of sp³-hybridized carbons (Fsp3) is 0.857. The average molecular weight is 346 g/mol. The second-order valence-corrected chi connectivity index (χ2v) is 8.62. The molecule has 8 nitrogen and oxygen atoms in total. The number of nitrogens with zero attached hydrogens (tertiary/aromatic N) is 3. The molecule has 2 aliphatic rings. The monoisotopic (exact) mass is 346 g/mol. The predicted octanol–water partition coefficient (Wildman–Crippen LogP) is -1.02. The molecule has 2 heterocycles. The number of fused-ring (bicyclic) bond motifs is 1. The Morgan fingerprint density at radius 2 is 1.70 bits per heavy atom. The fourth-order valence-corrected chi connectivity index (χ4v) is 5.19. The Morgan fingerprint density at radius 1 is 1.13 bits per heavy atom. The normalized spacial score (nSPS) is 26.3. The number of hydrogen-bond donors (Lipinski definition) is 1. The van der Waals surface area contributed by atoms with Gasteiger partial charge in [0.2, 0.25) is 5.91 Å². The van der Waals surface area contributed by atoms with Crippen molar-refractivity contribution in [1.29, 1.82) is 0 Å². The minimum absolute atomic E-state index is 0.0611.